The minimum absolute atomic E-state index is 0.151. The molecule has 0 saturated heterocycles. The molecule has 0 amide bonds. The van der Waals surface area contributed by atoms with Crippen molar-refractivity contribution in [2.75, 3.05) is 18.5 Å². The molecule has 6 nitrogen and oxygen atoms in total. The molecule has 0 aliphatic heterocycles. The lowest BCUT2D eigenvalue weighted by Crippen LogP contribution is -2.48. The van der Waals surface area contributed by atoms with Gasteiger partial charge in [-0.3, -0.25) is 10.3 Å². The van der Waals surface area contributed by atoms with Gasteiger partial charge in [-0.25, -0.2) is 9.97 Å². The van der Waals surface area contributed by atoms with E-state index in [-0.39, 0.29) is 5.54 Å². The minimum atomic E-state index is -0.634. The van der Waals surface area contributed by atoms with Gasteiger partial charge in [0.2, 0.25) is 0 Å². The van der Waals surface area contributed by atoms with Crippen molar-refractivity contribution in [2.24, 2.45) is 0 Å². The van der Waals surface area contributed by atoms with Gasteiger partial charge >= 0.3 is 0 Å². The number of hydrogen-bond donors (Lipinski definition) is 2. The topological polar surface area (TPSA) is 74.2 Å². The van der Waals surface area contributed by atoms with Crippen molar-refractivity contribution in [1.82, 2.24) is 20.3 Å². The van der Waals surface area contributed by atoms with Gasteiger partial charge in [-0.1, -0.05) is 0 Å². The van der Waals surface area contributed by atoms with Crippen molar-refractivity contribution in [1.29, 1.82) is 0 Å². The number of hydrogen-bond acceptors (Lipinski definition) is 6. The molecule has 146 valence electrons. The molecule has 3 rings (SSSR count). The number of nitrogens with one attached hydrogen (secondary N) is 1. The molecule has 1 unspecified atom stereocenters. The van der Waals surface area contributed by atoms with E-state index in [0.29, 0.717) is 12.4 Å². The lowest BCUT2D eigenvalue weighted by atomic mass is 9.96. The molecule has 2 N–H and O–H groups in total. The van der Waals surface area contributed by atoms with Crippen LogP contribution in [0.4, 0.5) is 5.82 Å². The van der Waals surface area contributed by atoms with Crippen LogP contribution < -0.4 is 10.2 Å². The van der Waals surface area contributed by atoms with E-state index < -0.39 is 6.23 Å². The van der Waals surface area contributed by atoms with Gasteiger partial charge in [-0.05, 0) is 71.1 Å². The molecule has 2 heterocycles. The van der Waals surface area contributed by atoms with Crippen LogP contribution in [-0.4, -0.2) is 45.4 Å². The molecule has 1 aliphatic rings. The van der Waals surface area contributed by atoms with Crippen molar-refractivity contribution < 1.29 is 5.11 Å². The van der Waals surface area contributed by atoms with E-state index in [1.165, 1.54) is 5.56 Å². The first-order valence-electron chi connectivity index (χ1n) is 9.72. The number of aliphatic hydroxyl groups excluding tert-OH is 1. The molecule has 1 aliphatic carbocycles. The first-order valence-corrected chi connectivity index (χ1v) is 9.72. The van der Waals surface area contributed by atoms with E-state index in [1.807, 2.05) is 51.8 Å². The fourth-order valence-electron chi connectivity index (χ4n) is 3.55. The van der Waals surface area contributed by atoms with Crippen LogP contribution in [0.5, 0.6) is 0 Å². The number of aromatic nitrogens is 3. The highest BCUT2D eigenvalue weighted by Gasteiger charge is 2.23. The lowest BCUT2D eigenvalue weighted by molar-refractivity contribution is 0.112. The zero-order valence-electron chi connectivity index (χ0n) is 17.1. The van der Waals surface area contributed by atoms with Gasteiger partial charge in [-0.2, -0.15) is 0 Å². The van der Waals surface area contributed by atoms with E-state index in [2.05, 4.69) is 10.3 Å². The molecule has 0 fully saturated rings. The lowest BCUT2D eigenvalue weighted by Gasteiger charge is -2.30. The largest absolute Gasteiger partial charge is 0.377 e. The van der Waals surface area contributed by atoms with Crippen molar-refractivity contribution in [3.8, 4) is 11.5 Å². The van der Waals surface area contributed by atoms with E-state index in [0.717, 1.165) is 48.5 Å². The Labute approximate surface area is 162 Å². The minimum Gasteiger partial charge on any atom is -0.377 e. The Balaban J connectivity index is 1.94. The highest BCUT2D eigenvalue weighted by Crippen LogP contribution is 2.30. The van der Waals surface area contributed by atoms with Crippen LogP contribution in [-0.2, 0) is 12.8 Å². The molecule has 0 spiro atoms. The molecular formula is C21H31N5O. The van der Waals surface area contributed by atoms with Crippen molar-refractivity contribution in [2.45, 2.75) is 65.1 Å². The second-order valence-corrected chi connectivity index (χ2v) is 8.51. The number of fused-ring (bicyclic) bond motifs is 1. The van der Waals surface area contributed by atoms with Crippen LogP contribution in [0.3, 0.4) is 0 Å². The van der Waals surface area contributed by atoms with Gasteiger partial charge in [0.15, 0.2) is 5.82 Å². The van der Waals surface area contributed by atoms with Crippen molar-refractivity contribution in [3.05, 3.63) is 35.2 Å². The summed E-state index contributed by atoms with van der Waals surface area (Å²) in [7, 11) is 1.98. The Morgan fingerprint density at radius 2 is 1.96 bits per heavy atom. The summed E-state index contributed by atoms with van der Waals surface area (Å²) >= 11 is 0. The average Bonchev–Trinajstić information content (AvgIpc) is 2.59. The first kappa shape index (κ1) is 19.7. The first-order chi connectivity index (χ1) is 12.7. The maximum atomic E-state index is 10.4. The molecule has 0 bridgehead atoms. The Morgan fingerprint density at radius 3 is 2.67 bits per heavy atom. The summed E-state index contributed by atoms with van der Waals surface area (Å²) in [6.45, 7) is 8.64. The molecule has 1 atom stereocenters. The molecular weight excluding hydrogens is 338 g/mol. The standard InChI is InChI=1S/C21H31N5O/c1-14-10-11-22-17(12-14)19-23-16-9-7-6-8-15(16)20(24-19)26(5)13-18(27)25-21(2,3)4/h10-12,18,25,27H,6-9,13H2,1-5H3. The van der Waals surface area contributed by atoms with Crippen molar-refractivity contribution >= 4 is 5.82 Å². The van der Waals surface area contributed by atoms with E-state index in [4.69, 9.17) is 9.97 Å². The summed E-state index contributed by atoms with van der Waals surface area (Å²) in [6.07, 6.45) is 5.43. The summed E-state index contributed by atoms with van der Waals surface area (Å²) in [5.74, 6) is 1.58. The summed E-state index contributed by atoms with van der Waals surface area (Å²) in [4.78, 5) is 16.2. The fraction of sp³-hybridized carbons (Fsp3) is 0.571. The van der Waals surface area contributed by atoms with Gasteiger partial charge in [0.25, 0.3) is 0 Å². The van der Waals surface area contributed by atoms with Gasteiger partial charge in [-0.15, -0.1) is 0 Å². The number of pyridine rings is 1. The highest BCUT2D eigenvalue weighted by molar-refractivity contribution is 5.58. The molecule has 0 radical (unpaired) electrons. The van der Waals surface area contributed by atoms with E-state index in [9.17, 15) is 5.11 Å². The second-order valence-electron chi connectivity index (χ2n) is 8.51. The van der Waals surface area contributed by atoms with Crippen molar-refractivity contribution in [3.63, 3.8) is 0 Å². The number of rotatable bonds is 5. The molecule has 0 aromatic carbocycles. The molecule has 27 heavy (non-hydrogen) atoms. The van der Waals surface area contributed by atoms with Gasteiger partial charge in [0, 0.05) is 30.0 Å². The van der Waals surface area contributed by atoms with Crippen LogP contribution in [0.1, 0.15) is 50.4 Å². The number of nitrogens with zero attached hydrogens (tertiary/aromatic N) is 4. The maximum absolute atomic E-state index is 10.4. The van der Waals surface area contributed by atoms with Gasteiger partial charge < -0.3 is 10.0 Å². The smallest absolute Gasteiger partial charge is 0.180 e. The Morgan fingerprint density at radius 1 is 1.22 bits per heavy atom. The van der Waals surface area contributed by atoms with Crippen LogP contribution in [0.15, 0.2) is 18.3 Å². The normalized spacial score (nSPS) is 15.3. The van der Waals surface area contributed by atoms with Gasteiger partial charge in [0.1, 0.15) is 17.7 Å². The fourth-order valence-corrected chi connectivity index (χ4v) is 3.55. The summed E-state index contributed by atoms with van der Waals surface area (Å²) in [6, 6.07) is 3.99. The van der Waals surface area contributed by atoms with E-state index in [1.54, 1.807) is 6.20 Å². The van der Waals surface area contributed by atoms with Gasteiger partial charge in [0.05, 0.1) is 6.54 Å². The predicted octanol–water partition coefficient (Wildman–Crippen LogP) is 2.87. The Bertz CT molecular complexity index is 800. The molecule has 2 aromatic rings. The SMILES string of the molecule is Cc1ccnc(-c2nc3c(c(N(C)CC(O)NC(C)(C)C)n2)CCCC3)c1. The maximum Gasteiger partial charge on any atom is 0.180 e. The third kappa shape index (κ3) is 5.02. The monoisotopic (exact) mass is 369 g/mol. The average molecular weight is 370 g/mol. The quantitative estimate of drug-likeness (QED) is 0.790. The Kier molecular flexibility index (Phi) is 5.77. The molecule has 2 aromatic heterocycles. The second kappa shape index (κ2) is 7.90. The molecule has 0 saturated carbocycles. The third-order valence-corrected chi connectivity index (χ3v) is 4.71. The summed E-state index contributed by atoms with van der Waals surface area (Å²) in [5.41, 5.74) is 4.12. The highest BCUT2D eigenvalue weighted by atomic mass is 16.3. The molecule has 6 heteroatoms. The van der Waals surface area contributed by atoms with Crippen LogP contribution in [0, 0.1) is 6.92 Å². The summed E-state index contributed by atoms with van der Waals surface area (Å²) in [5, 5.41) is 13.6. The number of aliphatic hydroxyl groups is 1. The third-order valence-electron chi connectivity index (χ3n) is 4.71. The zero-order valence-corrected chi connectivity index (χ0v) is 17.1. The zero-order chi connectivity index (χ0) is 19.6. The number of likely N-dealkylation sites (N-methyl/N-ethyl adjacent to an activating group) is 1. The van der Waals surface area contributed by atoms with Crippen LogP contribution in [0.25, 0.3) is 11.5 Å². The van der Waals surface area contributed by atoms with E-state index >= 15 is 0 Å². The Hall–Kier alpha value is -2.05. The van der Waals surface area contributed by atoms with Crippen LogP contribution in [0.2, 0.25) is 0 Å². The predicted molar refractivity (Wildman–Crippen MR) is 109 cm³/mol. The summed E-state index contributed by atoms with van der Waals surface area (Å²) < 4.78 is 0. The number of aryl methyl sites for hydroxylation is 2. The van der Waals surface area contributed by atoms with Crippen LogP contribution >= 0.6 is 0 Å². The number of anilines is 1.